The predicted molar refractivity (Wildman–Crippen MR) is 99.1 cm³/mol. The number of carbonyl (C=O) groups is 2. The van der Waals surface area contributed by atoms with Crippen molar-refractivity contribution in [2.24, 2.45) is 5.92 Å². The maximum absolute atomic E-state index is 13.0. The lowest BCUT2D eigenvalue weighted by Gasteiger charge is -2.17. The molecule has 1 atom stereocenters. The topological polar surface area (TPSA) is 49.4 Å². The number of halogens is 2. The van der Waals surface area contributed by atoms with Crippen molar-refractivity contribution in [1.82, 2.24) is 0 Å². The van der Waals surface area contributed by atoms with Crippen LogP contribution in [-0.4, -0.2) is 18.4 Å². The molecule has 0 saturated carbocycles. The van der Waals surface area contributed by atoms with Gasteiger partial charge in [-0.15, -0.1) is 0 Å². The maximum Gasteiger partial charge on any atom is 0.229 e. The van der Waals surface area contributed by atoms with Crippen LogP contribution in [0.2, 0.25) is 0 Å². The summed E-state index contributed by atoms with van der Waals surface area (Å²) in [5.74, 6) is -1.09. The van der Waals surface area contributed by atoms with E-state index < -0.39 is 5.92 Å². The lowest BCUT2D eigenvalue weighted by atomic mass is 10.1. The number of amides is 2. The highest BCUT2D eigenvalue weighted by Gasteiger charge is 2.35. The summed E-state index contributed by atoms with van der Waals surface area (Å²) in [6.07, 6.45) is 0.151. The van der Waals surface area contributed by atoms with Crippen LogP contribution in [0.3, 0.4) is 0 Å². The lowest BCUT2D eigenvalue weighted by molar-refractivity contribution is -0.122. The van der Waals surface area contributed by atoms with Crippen molar-refractivity contribution in [2.75, 3.05) is 16.8 Å². The Morgan fingerprint density at radius 1 is 1.20 bits per heavy atom. The second-order valence-electron chi connectivity index (χ2n) is 6.29. The molecule has 4 nitrogen and oxygen atoms in total. The van der Waals surface area contributed by atoms with E-state index in [0.717, 1.165) is 21.3 Å². The van der Waals surface area contributed by atoms with Crippen LogP contribution in [-0.2, 0) is 9.59 Å². The molecular formula is C19H18BrFN2O2. The van der Waals surface area contributed by atoms with E-state index in [1.807, 2.05) is 26.0 Å². The highest BCUT2D eigenvalue weighted by molar-refractivity contribution is 9.10. The molecule has 1 N–H and O–H groups in total. The zero-order chi connectivity index (χ0) is 18.1. The minimum absolute atomic E-state index is 0.129. The van der Waals surface area contributed by atoms with Crippen LogP contribution in [0.4, 0.5) is 15.8 Å². The van der Waals surface area contributed by atoms with Crippen LogP contribution >= 0.6 is 15.9 Å². The average Bonchev–Trinajstić information content (AvgIpc) is 2.95. The third kappa shape index (κ3) is 3.74. The van der Waals surface area contributed by atoms with Crippen molar-refractivity contribution in [3.8, 4) is 0 Å². The molecular weight excluding hydrogens is 387 g/mol. The van der Waals surface area contributed by atoms with E-state index in [1.165, 1.54) is 17.0 Å². The zero-order valence-corrected chi connectivity index (χ0v) is 15.6. The normalized spacial score (nSPS) is 17.0. The number of benzene rings is 2. The molecule has 0 unspecified atom stereocenters. The van der Waals surface area contributed by atoms with Crippen LogP contribution in [0.25, 0.3) is 0 Å². The molecule has 1 heterocycles. The van der Waals surface area contributed by atoms with Gasteiger partial charge in [0.25, 0.3) is 0 Å². The minimum atomic E-state index is -0.430. The third-order valence-electron chi connectivity index (χ3n) is 4.40. The van der Waals surface area contributed by atoms with Gasteiger partial charge >= 0.3 is 0 Å². The van der Waals surface area contributed by atoms with Crippen LogP contribution < -0.4 is 10.2 Å². The van der Waals surface area contributed by atoms with Crippen molar-refractivity contribution in [1.29, 1.82) is 0 Å². The number of rotatable bonds is 3. The fourth-order valence-corrected chi connectivity index (χ4v) is 3.36. The second kappa shape index (κ2) is 6.96. The molecule has 0 radical (unpaired) electrons. The summed E-state index contributed by atoms with van der Waals surface area (Å²) in [5, 5.41) is 2.92. The van der Waals surface area contributed by atoms with E-state index in [2.05, 4.69) is 21.2 Å². The van der Waals surface area contributed by atoms with Gasteiger partial charge < -0.3 is 10.2 Å². The molecule has 0 bridgehead atoms. The Bertz CT molecular complexity index is 836. The molecule has 130 valence electrons. The fourth-order valence-electron chi connectivity index (χ4n) is 2.90. The Labute approximate surface area is 154 Å². The Hall–Kier alpha value is -2.21. The van der Waals surface area contributed by atoms with Gasteiger partial charge in [-0.1, -0.05) is 15.9 Å². The molecule has 1 fully saturated rings. The zero-order valence-electron chi connectivity index (χ0n) is 14.0. The second-order valence-corrected chi connectivity index (χ2v) is 7.14. The summed E-state index contributed by atoms with van der Waals surface area (Å²) >= 11 is 3.47. The fraction of sp³-hybridized carbons (Fsp3) is 0.263. The largest absolute Gasteiger partial charge is 0.326 e. The number of nitrogens with one attached hydrogen (secondary N) is 1. The van der Waals surface area contributed by atoms with Crippen LogP contribution in [0.15, 0.2) is 40.9 Å². The number of nitrogens with zero attached hydrogens (tertiary/aromatic N) is 1. The summed E-state index contributed by atoms with van der Waals surface area (Å²) in [5.41, 5.74) is 3.33. The first-order valence-electron chi connectivity index (χ1n) is 7.98. The highest BCUT2D eigenvalue weighted by Crippen LogP contribution is 2.28. The van der Waals surface area contributed by atoms with E-state index in [-0.39, 0.29) is 24.1 Å². The molecule has 6 heteroatoms. The van der Waals surface area contributed by atoms with Crippen molar-refractivity contribution in [3.05, 3.63) is 57.8 Å². The van der Waals surface area contributed by atoms with Crippen molar-refractivity contribution >= 4 is 39.1 Å². The number of aryl methyl sites for hydroxylation is 2. The van der Waals surface area contributed by atoms with Gasteiger partial charge in [0.05, 0.1) is 5.92 Å². The van der Waals surface area contributed by atoms with Gasteiger partial charge in [0.1, 0.15) is 5.82 Å². The van der Waals surface area contributed by atoms with E-state index >= 15 is 0 Å². The van der Waals surface area contributed by atoms with E-state index in [0.29, 0.717) is 12.2 Å². The van der Waals surface area contributed by atoms with Crippen LogP contribution in [0.1, 0.15) is 17.5 Å². The molecule has 3 rings (SSSR count). The summed E-state index contributed by atoms with van der Waals surface area (Å²) in [7, 11) is 0. The molecule has 25 heavy (non-hydrogen) atoms. The van der Waals surface area contributed by atoms with Gasteiger partial charge in [0.15, 0.2) is 0 Å². The van der Waals surface area contributed by atoms with Crippen molar-refractivity contribution < 1.29 is 14.0 Å². The predicted octanol–water partition coefficient (Wildman–Crippen LogP) is 4.20. The van der Waals surface area contributed by atoms with E-state index in [4.69, 9.17) is 0 Å². The van der Waals surface area contributed by atoms with Crippen molar-refractivity contribution in [2.45, 2.75) is 20.3 Å². The first-order chi connectivity index (χ1) is 11.8. The highest BCUT2D eigenvalue weighted by atomic mass is 79.9. The Morgan fingerprint density at radius 2 is 1.88 bits per heavy atom. The molecule has 2 aromatic carbocycles. The van der Waals surface area contributed by atoms with Gasteiger partial charge in [0, 0.05) is 28.8 Å². The van der Waals surface area contributed by atoms with Gasteiger partial charge in [-0.05, 0) is 61.4 Å². The number of hydrogen-bond acceptors (Lipinski definition) is 2. The number of carbonyl (C=O) groups excluding carboxylic acids is 2. The smallest absolute Gasteiger partial charge is 0.229 e. The van der Waals surface area contributed by atoms with Gasteiger partial charge in [0.2, 0.25) is 11.8 Å². The Balaban J connectivity index is 1.73. The summed E-state index contributed by atoms with van der Waals surface area (Å²) in [4.78, 5) is 26.3. The third-order valence-corrected chi connectivity index (χ3v) is 5.25. The summed E-state index contributed by atoms with van der Waals surface area (Å²) in [6, 6.07) is 9.58. The van der Waals surface area contributed by atoms with Gasteiger partial charge in [-0.25, -0.2) is 4.39 Å². The molecule has 0 aromatic heterocycles. The first-order valence-corrected chi connectivity index (χ1v) is 8.78. The summed E-state index contributed by atoms with van der Waals surface area (Å²) in [6.45, 7) is 4.17. The lowest BCUT2D eigenvalue weighted by Crippen LogP contribution is -2.28. The molecule has 2 aromatic rings. The average molecular weight is 405 g/mol. The monoisotopic (exact) mass is 404 g/mol. The van der Waals surface area contributed by atoms with Crippen LogP contribution in [0, 0.1) is 25.6 Å². The summed E-state index contributed by atoms with van der Waals surface area (Å²) < 4.78 is 14.0. The maximum atomic E-state index is 13.0. The molecule has 1 saturated heterocycles. The number of anilines is 2. The van der Waals surface area contributed by atoms with E-state index in [9.17, 15) is 14.0 Å². The Kier molecular flexibility index (Phi) is 4.90. The number of hydrogen-bond donors (Lipinski definition) is 1. The molecule has 0 spiro atoms. The SMILES string of the molecule is Cc1cc(NC(=O)[C@H]2CC(=O)N(c3ccc(F)cc3)C2)c(C)cc1Br. The molecule has 1 aliphatic heterocycles. The van der Waals surface area contributed by atoms with Crippen LogP contribution in [0.5, 0.6) is 0 Å². The van der Waals surface area contributed by atoms with Crippen molar-refractivity contribution in [3.63, 3.8) is 0 Å². The van der Waals surface area contributed by atoms with Gasteiger partial charge in [-0.3, -0.25) is 9.59 Å². The minimum Gasteiger partial charge on any atom is -0.326 e. The quantitative estimate of drug-likeness (QED) is 0.833. The van der Waals surface area contributed by atoms with Gasteiger partial charge in [-0.2, -0.15) is 0 Å². The molecule has 2 amide bonds. The molecule has 0 aliphatic carbocycles. The standard InChI is InChI=1S/C19H18BrFN2O2/c1-11-8-17(12(2)7-16(11)20)22-19(25)13-9-18(24)23(10-13)15-5-3-14(21)4-6-15/h3-8,13H,9-10H2,1-2H3,(H,22,25)/t13-/m0/s1. The molecule has 1 aliphatic rings. The van der Waals surface area contributed by atoms with E-state index in [1.54, 1.807) is 12.1 Å². The Morgan fingerprint density at radius 3 is 2.56 bits per heavy atom. The first kappa shape index (κ1) is 17.6.